The Hall–Kier alpha value is -1.30. The van der Waals surface area contributed by atoms with Crippen LogP contribution in [0.25, 0.3) is 0 Å². The third-order valence-corrected chi connectivity index (χ3v) is 2.69. The minimum Gasteiger partial charge on any atom is -0.468 e. The van der Waals surface area contributed by atoms with Gasteiger partial charge in [0.05, 0.1) is 7.11 Å². The van der Waals surface area contributed by atoms with E-state index < -0.39 is 17.7 Å². The lowest BCUT2D eigenvalue weighted by Gasteiger charge is -2.25. The van der Waals surface area contributed by atoms with Gasteiger partial charge >= 0.3 is 12.1 Å². The highest BCUT2D eigenvalue weighted by Gasteiger charge is 2.21. The van der Waals surface area contributed by atoms with Gasteiger partial charge in [-0.1, -0.05) is 13.8 Å². The van der Waals surface area contributed by atoms with Gasteiger partial charge in [0, 0.05) is 12.6 Å². The smallest absolute Gasteiger partial charge is 0.407 e. The maximum Gasteiger partial charge on any atom is 0.407 e. The SMILES string of the molecule is COC(=O)C(C)NC(CNC(=O)OC(C)(C)C)CC(C)C. The molecule has 1 amide bonds. The molecule has 0 rings (SSSR count). The molecule has 0 heterocycles. The molecule has 0 fully saturated rings. The summed E-state index contributed by atoms with van der Waals surface area (Å²) in [4.78, 5) is 23.1. The van der Waals surface area contributed by atoms with Crippen molar-refractivity contribution in [3.8, 4) is 0 Å². The average molecular weight is 302 g/mol. The monoisotopic (exact) mass is 302 g/mol. The first-order valence-electron chi connectivity index (χ1n) is 7.36. The van der Waals surface area contributed by atoms with Crippen molar-refractivity contribution < 1.29 is 19.1 Å². The molecule has 2 N–H and O–H groups in total. The summed E-state index contributed by atoms with van der Waals surface area (Å²) in [5.74, 6) is 0.119. The number of alkyl carbamates (subject to hydrolysis) is 1. The van der Waals surface area contributed by atoms with Crippen molar-refractivity contribution in [1.29, 1.82) is 0 Å². The maximum atomic E-state index is 11.7. The molecule has 6 nitrogen and oxygen atoms in total. The van der Waals surface area contributed by atoms with Crippen LogP contribution in [0.15, 0.2) is 0 Å². The number of ether oxygens (including phenoxy) is 2. The Morgan fingerprint density at radius 2 is 1.71 bits per heavy atom. The largest absolute Gasteiger partial charge is 0.468 e. The lowest BCUT2D eigenvalue weighted by Crippen LogP contribution is -2.48. The van der Waals surface area contributed by atoms with E-state index in [0.29, 0.717) is 12.5 Å². The molecule has 0 aliphatic carbocycles. The van der Waals surface area contributed by atoms with Gasteiger partial charge < -0.3 is 20.1 Å². The number of hydrogen-bond acceptors (Lipinski definition) is 5. The van der Waals surface area contributed by atoms with E-state index in [4.69, 9.17) is 9.47 Å². The first-order chi connectivity index (χ1) is 9.55. The van der Waals surface area contributed by atoms with E-state index in [1.165, 1.54) is 7.11 Å². The van der Waals surface area contributed by atoms with Crippen molar-refractivity contribution >= 4 is 12.1 Å². The zero-order chi connectivity index (χ0) is 16.6. The van der Waals surface area contributed by atoms with E-state index in [1.807, 2.05) is 20.8 Å². The molecule has 0 spiro atoms. The molecule has 0 aromatic heterocycles. The van der Waals surface area contributed by atoms with Crippen molar-refractivity contribution in [3.63, 3.8) is 0 Å². The number of carbonyl (C=O) groups is 2. The van der Waals surface area contributed by atoms with Crippen LogP contribution in [0.1, 0.15) is 48.0 Å². The van der Waals surface area contributed by atoms with Gasteiger partial charge in [-0.15, -0.1) is 0 Å². The lowest BCUT2D eigenvalue weighted by molar-refractivity contribution is -0.142. The topological polar surface area (TPSA) is 76.7 Å². The summed E-state index contributed by atoms with van der Waals surface area (Å²) < 4.78 is 9.89. The lowest BCUT2D eigenvalue weighted by atomic mass is 10.0. The van der Waals surface area contributed by atoms with E-state index in [1.54, 1.807) is 6.92 Å². The second-order valence-corrected chi connectivity index (χ2v) is 6.62. The van der Waals surface area contributed by atoms with Gasteiger partial charge in [-0.05, 0) is 40.0 Å². The number of carbonyl (C=O) groups excluding carboxylic acids is 2. The maximum absolute atomic E-state index is 11.7. The second-order valence-electron chi connectivity index (χ2n) is 6.62. The molecule has 0 aliphatic rings. The fourth-order valence-electron chi connectivity index (χ4n) is 1.90. The summed E-state index contributed by atoms with van der Waals surface area (Å²) in [5.41, 5.74) is -0.523. The molecule has 0 bridgehead atoms. The normalized spacial score (nSPS) is 14.5. The van der Waals surface area contributed by atoms with Gasteiger partial charge in [-0.3, -0.25) is 4.79 Å². The number of methoxy groups -OCH3 is 1. The van der Waals surface area contributed by atoms with E-state index >= 15 is 0 Å². The Labute approximate surface area is 127 Å². The molecule has 2 atom stereocenters. The highest BCUT2D eigenvalue weighted by atomic mass is 16.6. The standard InChI is InChI=1S/C15H30N2O4/c1-10(2)8-12(17-11(3)13(18)20-7)9-16-14(19)21-15(4,5)6/h10-12,17H,8-9H2,1-7H3,(H,16,19). The molecule has 2 unspecified atom stereocenters. The Balaban J connectivity index is 4.43. The van der Waals surface area contributed by atoms with Crippen molar-refractivity contribution in [2.24, 2.45) is 5.92 Å². The molecule has 0 saturated heterocycles. The summed E-state index contributed by atoms with van der Waals surface area (Å²) in [6, 6.07) is -0.439. The fourth-order valence-corrected chi connectivity index (χ4v) is 1.90. The fraction of sp³-hybridized carbons (Fsp3) is 0.867. The Kier molecular flexibility index (Phi) is 8.32. The highest BCUT2D eigenvalue weighted by molar-refractivity contribution is 5.75. The van der Waals surface area contributed by atoms with Crippen LogP contribution in [0.5, 0.6) is 0 Å². The van der Waals surface area contributed by atoms with Crippen LogP contribution >= 0.6 is 0 Å². The molecule has 0 saturated carbocycles. The number of nitrogens with one attached hydrogen (secondary N) is 2. The first kappa shape index (κ1) is 19.7. The zero-order valence-corrected chi connectivity index (χ0v) is 14.3. The third-order valence-electron chi connectivity index (χ3n) is 2.69. The number of hydrogen-bond donors (Lipinski definition) is 2. The van der Waals surface area contributed by atoms with E-state index in [0.717, 1.165) is 6.42 Å². The molecule has 0 radical (unpaired) electrons. The van der Waals surface area contributed by atoms with Crippen LogP contribution in [0.4, 0.5) is 4.79 Å². The van der Waals surface area contributed by atoms with Gasteiger partial charge in [0.1, 0.15) is 11.6 Å². The van der Waals surface area contributed by atoms with Gasteiger partial charge in [0.2, 0.25) is 0 Å². The summed E-state index contributed by atoms with van der Waals surface area (Å²) in [7, 11) is 1.36. The Morgan fingerprint density at radius 3 is 2.14 bits per heavy atom. The summed E-state index contributed by atoms with van der Waals surface area (Å²) >= 11 is 0. The van der Waals surface area contributed by atoms with E-state index in [2.05, 4.69) is 24.5 Å². The molecule has 0 aromatic carbocycles. The summed E-state index contributed by atoms with van der Waals surface area (Å²) in [6.45, 7) is 11.8. The van der Waals surface area contributed by atoms with Crippen LogP contribution < -0.4 is 10.6 Å². The van der Waals surface area contributed by atoms with E-state index in [9.17, 15) is 9.59 Å². The summed E-state index contributed by atoms with van der Waals surface area (Å²) in [6.07, 6.45) is 0.376. The van der Waals surface area contributed by atoms with Crippen molar-refractivity contribution in [2.45, 2.75) is 65.6 Å². The average Bonchev–Trinajstić information content (AvgIpc) is 2.32. The minimum absolute atomic E-state index is 0.0216. The summed E-state index contributed by atoms with van der Waals surface area (Å²) in [5, 5.41) is 5.90. The molecule has 6 heteroatoms. The van der Waals surface area contributed by atoms with Crippen molar-refractivity contribution in [3.05, 3.63) is 0 Å². The number of amides is 1. The van der Waals surface area contributed by atoms with Gasteiger partial charge in [0.25, 0.3) is 0 Å². The molecule has 0 aromatic rings. The molecule has 124 valence electrons. The zero-order valence-electron chi connectivity index (χ0n) is 14.3. The quantitative estimate of drug-likeness (QED) is 0.704. The molecule has 21 heavy (non-hydrogen) atoms. The predicted molar refractivity (Wildman–Crippen MR) is 82.1 cm³/mol. The van der Waals surface area contributed by atoms with Gasteiger partial charge in [-0.2, -0.15) is 0 Å². The molecule has 0 aliphatic heterocycles. The molecular formula is C15H30N2O4. The second kappa shape index (κ2) is 8.87. The number of esters is 1. The van der Waals surface area contributed by atoms with Gasteiger partial charge in [0.15, 0.2) is 0 Å². The third kappa shape index (κ3) is 10.1. The van der Waals surface area contributed by atoms with Crippen LogP contribution in [0.2, 0.25) is 0 Å². The Bertz CT molecular complexity index is 337. The van der Waals surface area contributed by atoms with Crippen LogP contribution in [0.3, 0.4) is 0 Å². The highest BCUT2D eigenvalue weighted by Crippen LogP contribution is 2.08. The van der Waals surface area contributed by atoms with Crippen LogP contribution in [-0.4, -0.2) is 43.4 Å². The molecular weight excluding hydrogens is 272 g/mol. The van der Waals surface area contributed by atoms with Crippen LogP contribution in [-0.2, 0) is 14.3 Å². The van der Waals surface area contributed by atoms with Crippen molar-refractivity contribution in [1.82, 2.24) is 10.6 Å². The number of rotatable bonds is 7. The Morgan fingerprint density at radius 1 is 1.14 bits per heavy atom. The van der Waals surface area contributed by atoms with E-state index in [-0.39, 0.29) is 12.0 Å². The first-order valence-corrected chi connectivity index (χ1v) is 7.36. The van der Waals surface area contributed by atoms with Crippen molar-refractivity contribution in [2.75, 3.05) is 13.7 Å². The van der Waals surface area contributed by atoms with Gasteiger partial charge in [-0.25, -0.2) is 4.79 Å². The predicted octanol–water partition coefficient (Wildman–Crippen LogP) is 2.08. The minimum atomic E-state index is -0.523. The van der Waals surface area contributed by atoms with Crippen LogP contribution in [0, 0.1) is 5.92 Å².